The Morgan fingerprint density at radius 2 is 1.50 bits per heavy atom. The quantitative estimate of drug-likeness (QED) is 0.831. The summed E-state index contributed by atoms with van der Waals surface area (Å²) in [4.78, 5) is 17.3. The molecule has 0 radical (unpaired) electrons. The third kappa shape index (κ3) is 4.09. The maximum absolute atomic E-state index is 12.8. The van der Waals surface area contributed by atoms with Crippen molar-refractivity contribution in [2.45, 2.75) is 6.18 Å². The van der Waals surface area contributed by atoms with E-state index in [9.17, 15) is 18.0 Å². The molecule has 1 amide bonds. The first-order valence-electron chi connectivity index (χ1n) is 8.32. The molecule has 0 unspecified atom stereocenters. The van der Waals surface area contributed by atoms with Gasteiger partial charge >= 0.3 is 6.18 Å². The van der Waals surface area contributed by atoms with Gasteiger partial charge in [-0.05, 0) is 24.3 Å². The number of hydrogen-bond donors (Lipinski definition) is 0. The number of nitrogens with zero attached hydrogens (tertiary/aromatic N) is 3. The number of alkyl halides is 3. The zero-order valence-electron chi connectivity index (χ0n) is 14.4. The van der Waals surface area contributed by atoms with Crippen LogP contribution in [-0.2, 0) is 4.79 Å². The molecule has 0 fully saturated rings. The smallest absolute Gasteiger partial charge is 0.359 e. The van der Waals surface area contributed by atoms with Crippen molar-refractivity contribution in [1.82, 2.24) is 0 Å². The van der Waals surface area contributed by atoms with Crippen LogP contribution in [0.25, 0.3) is 0 Å². The van der Waals surface area contributed by atoms with Gasteiger partial charge in [0.2, 0.25) is 5.91 Å². The minimum absolute atomic E-state index is 0.113. The van der Waals surface area contributed by atoms with Crippen LogP contribution in [-0.4, -0.2) is 45.3 Å². The van der Waals surface area contributed by atoms with Crippen molar-refractivity contribution in [3.8, 4) is 0 Å². The SMILES string of the molecule is CN(C(=O)CN1CCN(CC(F)(F)F)c2ccccc21)c1ccccc1. The van der Waals surface area contributed by atoms with Crippen LogP contribution < -0.4 is 14.7 Å². The highest BCUT2D eigenvalue weighted by Crippen LogP contribution is 2.34. The lowest BCUT2D eigenvalue weighted by molar-refractivity contribution is -0.120. The predicted octanol–water partition coefficient (Wildman–Crippen LogP) is 3.54. The number of rotatable bonds is 4. The van der Waals surface area contributed by atoms with Gasteiger partial charge in [0.05, 0.1) is 17.9 Å². The van der Waals surface area contributed by atoms with E-state index < -0.39 is 12.7 Å². The van der Waals surface area contributed by atoms with Crippen molar-refractivity contribution >= 4 is 23.0 Å². The van der Waals surface area contributed by atoms with Crippen molar-refractivity contribution in [2.75, 3.05) is 47.9 Å². The molecule has 0 atom stereocenters. The van der Waals surface area contributed by atoms with Crippen molar-refractivity contribution in [3.05, 3.63) is 54.6 Å². The van der Waals surface area contributed by atoms with Crippen molar-refractivity contribution in [2.24, 2.45) is 0 Å². The van der Waals surface area contributed by atoms with E-state index in [0.717, 1.165) is 5.69 Å². The first-order chi connectivity index (χ1) is 12.3. The number of likely N-dealkylation sites (N-methyl/N-ethyl adjacent to an activating group) is 1. The number of anilines is 3. The number of carbonyl (C=O) groups is 1. The maximum atomic E-state index is 12.8. The molecule has 1 aliphatic heterocycles. The van der Waals surface area contributed by atoms with Gasteiger partial charge in [-0.1, -0.05) is 30.3 Å². The second-order valence-corrected chi connectivity index (χ2v) is 6.24. The molecule has 0 bridgehead atoms. The highest BCUT2D eigenvalue weighted by Gasteiger charge is 2.34. The fraction of sp³-hybridized carbons (Fsp3) is 0.316. The van der Waals surface area contributed by atoms with Crippen molar-refractivity contribution < 1.29 is 18.0 Å². The van der Waals surface area contributed by atoms with E-state index in [1.807, 2.05) is 35.2 Å². The van der Waals surface area contributed by atoms with E-state index in [4.69, 9.17) is 0 Å². The number of carbonyl (C=O) groups excluding carboxylic acids is 1. The molecule has 0 saturated heterocycles. The second kappa shape index (κ2) is 7.27. The highest BCUT2D eigenvalue weighted by atomic mass is 19.4. The molecule has 1 heterocycles. The highest BCUT2D eigenvalue weighted by molar-refractivity contribution is 5.96. The maximum Gasteiger partial charge on any atom is 0.405 e. The Morgan fingerprint density at radius 1 is 0.962 bits per heavy atom. The van der Waals surface area contributed by atoms with Crippen LogP contribution in [0, 0.1) is 0 Å². The molecular weight excluding hydrogens is 343 g/mol. The minimum Gasteiger partial charge on any atom is -0.359 e. The Balaban J connectivity index is 1.76. The van der Waals surface area contributed by atoms with E-state index in [-0.39, 0.29) is 19.0 Å². The molecular formula is C19H20F3N3O. The minimum atomic E-state index is -4.27. The largest absolute Gasteiger partial charge is 0.405 e. The lowest BCUT2D eigenvalue weighted by Crippen LogP contribution is -2.48. The van der Waals surface area contributed by atoms with Gasteiger partial charge in [0.15, 0.2) is 0 Å². The van der Waals surface area contributed by atoms with Gasteiger partial charge in [0.25, 0.3) is 0 Å². The topological polar surface area (TPSA) is 26.8 Å². The molecule has 0 saturated carbocycles. The number of para-hydroxylation sites is 3. The van der Waals surface area contributed by atoms with Crippen LogP contribution in [0.3, 0.4) is 0 Å². The fourth-order valence-corrected chi connectivity index (χ4v) is 3.09. The zero-order valence-corrected chi connectivity index (χ0v) is 14.4. The van der Waals surface area contributed by atoms with Crippen molar-refractivity contribution in [1.29, 1.82) is 0 Å². The van der Waals surface area contributed by atoms with Gasteiger partial charge < -0.3 is 14.7 Å². The number of hydrogen-bond acceptors (Lipinski definition) is 3. The molecule has 0 N–H and O–H groups in total. The van der Waals surface area contributed by atoms with Gasteiger partial charge in [-0.2, -0.15) is 13.2 Å². The molecule has 3 rings (SSSR count). The third-order valence-corrected chi connectivity index (χ3v) is 4.42. The first kappa shape index (κ1) is 18.1. The van der Waals surface area contributed by atoms with Crippen LogP contribution >= 0.6 is 0 Å². The molecule has 1 aliphatic rings. The van der Waals surface area contributed by atoms with E-state index in [1.165, 1.54) is 4.90 Å². The van der Waals surface area contributed by atoms with Crippen LogP contribution in [0.1, 0.15) is 0 Å². The number of fused-ring (bicyclic) bond motifs is 1. The Labute approximate surface area is 150 Å². The van der Waals surface area contributed by atoms with Gasteiger partial charge in [-0.15, -0.1) is 0 Å². The summed E-state index contributed by atoms with van der Waals surface area (Å²) in [7, 11) is 1.70. The fourth-order valence-electron chi connectivity index (χ4n) is 3.09. The van der Waals surface area contributed by atoms with E-state index >= 15 is 0 Å². The Kier molecular flexibility index (Phi) is 5.06. The summed E-state index contributed by atoms with van der Waals surface area (Å²) in [5, 5.41) is 0. The van der Waals surface area contributed by atoms with Crippen molar-refractivity contribution in [3.63, 3.8) is 0 Å². The average molecular weight is 363 g/mol. The number of halogens is 3. The molecule has 0 aromatic heterocycles. The first-order valence-corrected chi connectivity index (χ1v) is 8.32. The lowest BCUT2D eigenvalue weighted by atomic mass is 10.1. The summed E-state index contributed by atoms with van der Waals surface area (Å²) in [6, 6.07) is 16.2. The standard InChI is InChI=1S/C19H20F3N3O/c1-23(15-7-3-2-4-8-15)18(26)13-24-11-12-25(14-19(20,21)22)17-10-6-5-9-16(17)24/h2-10H,11-14H2,1H3. The molecule has 26 heavy (non-hydrogen) atoms. The predicted molar refractivity (Wildman–Crippen MR) is 96.8 cm³/mol. The van der Waals surface area contributed by atoms with Gasteiger partial charge in [-0.3, -0.25) is 4.79 Å². The molecule has 4 nitrogen and oxygen atoms in total. The van der Waals surface area contributed by atoms with E-state index in [2.05, 4.69) is 0 Å². The zero-order chi connectivity index (χ0) is 18.7. The summed E-state index contributed by atoms with van der Waals surface area (Å²) in [5.41, 5.74) is 1.94. The Bertz CT molecular complexity index is 764. The average Bonchev–Trinajstić information content (AvgIpc) is 2.62. The van der Waals surface area contributed by atoms with Crippen LogP contribution in [0.5, 0.6) is 0 Å². The van der Waals surface area contributed by atoms with E-state index in [1.54, 1.807) is 36.2 Å². The Hall–Kier alpha value is -2.70. The lowest BCUT2D eigenvalue weighted by Gasteiger charge is -2.39. The normalized spacial score (nSPS) is 14.2. The number of amides is 1. The molecule has 0 aliphatic carbocycles. The number of benzene rings is 2. The molecule has 2 aromatic rings. The summed E-state index contributed by atoms with van der Waals surface area (Å²) < 4.78 is 38.5. The van der Waals surface area contributed by atoms with E-state index in [0.29, 0.717) is 17.9 Å². The molecule has 7 heteroatoms. The van der Waals surface area contributed by atoms with Crippen LogP contribution in [0.4, 0.5) is 30.2 Å². The molecule has 138 valence electrons. The third-order valence-electron chi connectivity index (χ3n) is 4.42. The van der Waals surface area contributed by atoms with Crippen LogP contribution in [0.15, 0.2) is 54.6 Å². The summed E-state index contributed by atoms with van der Waals surface area (Å²) in [6.45, 7) is -0.293. The summed E-state index contributed by atoms with van der Waals surface area (Å²) in [6.07, 6.45) is -4.27. The van der Waals surface area contributed by atoms with Gasteiger partial charge in [0, 0.05) is 25.8 Å². The molecule has 0 spiro atoms. The summed E-state index contributed by atoms with van der Waals surface area (Å²) in [5.74, 6) is -0.115. The monoisotopic (exact) mass is 363 g/mol. The summed E-state index contributed by atoms with van der Waals surface area (Å²) >= 11 is 0. The van der Waals surface area contributed by atoms with Gasteiger partial charge in [0.1, 0.15) is 6.54 Å². The Morgan fingerprint density at radius 3 is 2.12 bits per heavy atom. The van der Waals surface area contributed by atoms with Crippen LogP contribution in [0.2, 0.25) is 0 Å². The van der Waals surface area contributed by atoms with Gasteiger partial charge in [-0.25, -0.2) is 0 Å². The second-order valence-electron chi connectivity index (χ2n) is 6.24. The molecule has 2 aromatic carbocycles.